The zero-order valence-corrected chi connectivity index (χ0v) is 18.0. The fraction of sp³-hybridized carbons (Fsp3) is 0.632. The molecule has 0 bridgehead atoms. The molecule has 1 aromatic rings. The molecule has 142 valence electrons. The van der Waals surface area contributed by atoms with E-state index in [9.17, 15) is 0 Å². The predicted octanol–water partition coefficient (Wildman–Crippen LogP) is 4.08. The van der Waals surface area contributed by atoms with E-state index in [1.54, 1.807) is 0 Å². The molecular formula is C19H33IN4O. The molecule has 1 heterocycles. The number of benzene rings is 1. The first-order chi connectivity index (χ1) is 11.5. The highest BCUT2D eigenvalue weighted by Gasteiger charge is 2.16. The fourth-order valence-corrected chi connectivity index (χ4v) is 3.04. The third-order valence-electron chi connectivity index (χ3n) is 4.32. The summed E-state index contributed by atoms with van der Waals surface area (Å²) in [5.41, 5.74) is 6.89. The topological polar surface area (TPSA) is 62.9 Å². The average Bonchev–Trinajstić information content (AvgIpc) is 2.54. The van der Waals surface area contributed by atoms with Gasteiger partial charge in [-0.3, -0.25) is 4.99 Å². The number of rotatable bonds is 7. The number of guanidine groups is 1. The largest absolute Gasteiger partial charge is 0.491 e. The SMILES string of the molecule is CC(C)Oc1ccc(NC(N)=NCCCN2CCCCC2C)cc1.I. The summed E-state index contributed by atoms with van der Waals surface area (Å²) in [4.78, 5) is 6.99. The van der Waals surface area contributed by atoms with Gasteiger partial charge in [0.15, 0.2) is 5.96 Å². The number of nitrogens with zero attached hydrogens (tertiary/aromatic N) is 2. The zero-order valence-electron chi connectivity index (χ0n) is 15.7. The summed E-state index contributed by atoms with van der Waals surface area (Å²) in [6.45, 7) is 9.45. The highest BCUT2D eigenvalue weighted by atomic mass is 127. The number of anilines is 1. The van der Waals surface area contributed by atoms with E-state index in [-0.39, 0.29) is 30.1 Å². The number of ether oxygens (including phenoxy) is 1. The Hall–Kier alpha value is -1.02. The van der Waals surface area contributed by atoms with Gasteiger partial charge in [-0.05, 0) is 70.8 Å². The Balaban J connectivity index is 0.00000312. The molecule has 0 aromatic heterocycles. The van der Waals surface area contributed by atoms with Gasteiger partial charge >= 0.3 is 0 Å². The zero-order chi connectivity index (χ0) is 17.4. The van der Waals surface area contributed by atoms with Crippen LogP contribution in [-0.2, 0) is 0 Å². The molecule has 0 saturated carbocycles. The van der Waals surface area contributed by atoms with Crippen LogP contribution in [0, 0.1) is 0 Å². The molecule has 25 heavy (non-hydrogen) atoms. The van der Waals surface area contributed by atoms with E-state index >= 15 is 0 Å². The van der Waals surface area contributed by atoms with E-state index in [0.29, 0.717) is 12.0 Å². The second-order valence-electron chi connectivity index (χ2n) is 6.82. The van der Waals surface area contributed by atoms with Gasteiger partial charge in [0.05, 0.1) is 6.10 Å². The molecule has 0 amide bonds. The van der Waals surface area contributed by atoms with Crippen LogP contribution in [0.4, 0.5) is 5.69 Å². The van der Waals surface area contributed by atoms with Crippen LogP contribution in [0.5, 0.6) is 5.75 Å². The van der Waals surface area contributed by atoms with E-state index in [1.165, 1.54) is 25.8 Å². The molecule has 1 fully saturated rings. The van der Waals surface area contributed by atoms with Crippen molar-refractivity contribution in [2.24, 2.45) is 10.7 Å². The van der Waals surface area contributed by atoms with Gasteiger partial charge < -0.3 is 20.7 Å². The Bertz CT molecular complexity index is 519. The van der Waals surface area contributed by atoms with Crippen LogP contribution in [0.2, 0.25) is 0 Å². The average molecular weight is 460 g/mol. The van der Waals surface area contributed by atoms with Crippen LogP contribution in [0.1, 0.15) is 46.5 Å². The molecule has 2 rings (SSSR count). The normalized spacial score (nSPS) is 18.7. The highest BCUT2D eigenvalue weighted by molar-refractivity contribution is 14.0. The molecule has 0 aliphatic carbocycles. The van der Waals surface area contributed by atoms with Gasteiger partial charge in [0, 0.05) is 24.8 Å². The van der Waals surface area contributed by atoms with Crippen molar-refractivity contribution < 1.29 is 4.74 Å². The van der Waals surface area contributed by atoms with Gasteiger partial charge in [0.2, 0.25) is 0 Å². The maximum atomic E-state index is 5.97. The second-order valence-corrected chi connectivity index (χ2v) is 6.82. The minimum atomic E-state index is 0. The number of nitrogens with two attached hydrogens (primary N) is 1. The maximum absolute atomic E-state index is 5.97. The Morgan fingerprint density at radius 1 is 1.32 bits per heavy atom. The van der Waals surface area contributed by atoms with Gasteiger partial charge in [0.1, 0.15) is 5.75 Å². The Morgan fingerprint density at radius 3 is 2.68 bits per heavy atom. The number of piperidine rings is 1. The van der Waals surface area contributed by atoms with E-state index < -0.39 is 0 Å². The minimum absolute atomic E-state index is 0. The van der Waals surface area contributed by atoms with Gasteiger partial charge in [-0.2, -0.15) is 0 Å². The summed E-state index contributed by atoms with van der Waals surface area (Å²) in [7, 11) is 0. The number of halogens is 1. The maximum Gasteiger partial charge on any atom is 0.193 e. The van der Waals surface area contributed by atoms with E-state index in [4.69, 9.17) is 10.5 Å². The van der Waals surface area contributed by atoms with E-state index in [1.807, 2.05) is 38.1 Å². The highest BCUT2D eigenvalue weighted by Crippen LogP contribution is 2.17. The number of likely N-dealkylation sites (tertiary alicyclic amines) is 1. The number of hydrogen-bond acceptors (Lipinski definition) is 3. The summed E-state index contributed by atoms with van der Waals surface area (Å²) in [6.07, 6.45) is 5.25. The van der Waals surface area contributed by atoms with Crippen molar-refractivity contribution in [2.75, 3.05) is 25.0 Å². The lowest BCUT2D eigenvalue weighted by atomic mass is 10.0. The Kier molecular flexibility index (Phi) is 10.2. The molecule has 1 aromatic carbocycles. The van der Waals surface area contributed by atoms with Crippen LogP contribution < -0.4 is 15.8 Å². The van der Waals surface area contributed by atoms with Gasteiger partial charge in [-0.1, -0.05) is 6.42 Å². The molecular weight excluding hydrogens is 427 g/mol. The quantitative estimate of drug-likeness (QED) is 0.279. The second kappa shape index (κ2) is 11.6. The fourth-order valence-electron chi connectivity index (χ4n) is 3.04. The molecule has 0 radical (unpaired) electrons. The third kappa shape index (κ3) is 8.27. The van der Waals surface area contributed by atoms with Crippen molar-refractivity contribution in [3.8, 4) is 5.75 Å². The molecule has 1 atom stereocenters. The van der Waals surface area contributed by atoms with Crippen LogP contribution in [-0.4, -0.2) is 42.6 Å². The Morgan fingerprint density at radius 2 is 2.04 bits per heavy atom. The molecule has 1 unspecified atom stereocenters. The molecule has 1 aliphatic heterocycles. The van der Waals surface area contributed by atoms with Crippen molar-refractivity contribution in [3.05, 3.63) is 24.3 Å². The molecule has 1 aliphatic rings. The van der Waals surface area contributed by atoms with Gasteiger partial charge in [-0.15, -0.1) is 24.0 Å². The Labute approximate surface area is 169 Å². The van der Waals surface area contributed by atoms with E-state index in [2.05, 4.69) is 22.1 Å². The van der Waals surface area contributed by atoms with Crippen molar-refractivity contribution in [3.63, 3.8) is 0 Å². The first-order valence-electron chi connectivity index (χ1n) is 9.12. The molecule has 6 heteroatoms. The van der Waals surface area contributed by atoms with E-state index in [0.717, 1.165) is 30.9 Å². The summed E-state index contributed by atoms with van der Waals surface area (Å²) in [5, 5.41) is 3.13. The summed E-state index contributed by atoms with van der Waals surface area (Å²) in [5.74, 6) is 1.33. The van der Waals surface area contributed by atoms with Crippen molar-refractivity contribution in [1.82, 2.24) is 4.90 Å². The van der Waals surface area contributed by atoms with Crippen LogP contribution in [0.25, 0.3) is 0 Å². The summed E-state index contributed by atoms with van der Waals surface area (Å²) < 4.78 is 5.63. The first kappa shape index (κ1) is 22.0. The monoisotopic (exact) mass is 460 g/mol. The van der Waals surface area contributed by atoms with Crippen molar-refractivity contribution in [1.29, 1.82) is 0 Å². The number of aliphatic imine (C=N–C) groups is 1. The lowest BCUT2D eigenvalue weighted by molar-refractivity contribution is 0.160. The molecule has 5 nitrogen and oxygen atoms in total. The molecule has 0 spiro atoms. The van der Waals surface area contributed by atoms with Crippen molar-refractivity contribution >= 4 is 35.6 Å². The van der Waals surface area contributed by atoms with Crippen LogP contribution in [0.3, 0.4) is 0 Å². The van der Waals surface area contributed by atoms with Crippen LogP contribution >= 0.6 is 24.0 Å². The van der Waals surface area contributed by atoms with Crippen LogP contribution in [0.15, 0.2) is 29.3 Å². The minimum Gasteiger partial charge on any atom is -0.491 e. The van der Waals surface area contributed by atoms with Gasteiger partial charge in [-0.25, -0.2) is 0 Å². The lowest BCUT2D eigenvalue weighted by Crippen LogP contribution is -2.38. The smallest absolute Gasteiger partial charge is 0.193 e. The lowest BCUT2D eigenvalue weighted by Gasteiger charge is -2.33. The number of nitrogens with one attached hydrogen (secondary N) is 1. The summed E-state index contributed by atoms with van der Waals surface area (Å²) in [6, 6.07) is 8.50. The number of hydrogen-bond donors (Lipinski definition) is 2. The molecule has 3 N–H and O–H groups in total. The van der Waals surface area contributed by atoms with Gasteiger partial charge in [0.25, 0.3) is 0 Å². The third-order valence-corrected chi connectivity index (χ3v) is 4.32. The first-order valence-corrected chi connectivity index (χ1v) is 9.12. The van der Waals surface area contributed by atoms with Crippen molar-refractivity contribution in [2.45, 2.75) is 58.6 Å². The standard InChI is InChI=1S/C19H32N4O.HI/c1-15(2)24-18-10-8-17(9-11-18)22-19(20)21-12-6-14-23-13-5-4-7-16(23)3;/h8-11,15-16H,4-7,12-14H2,1-3H3,(H3,20,21,22);1H. The summed E-state index contributed by atoms with van der Waals surface area (Å²) >= 11 is 0. The predicted molar refractivity (Wildman–Crippen MR) is 117 cm³/mol. The molecule has 1 saturated heterocycles.